The van der Waals surface area contributed by atoms with E-state index in [-0.39, 0.29) is 0 Å². The minimum absolute atomic E-state index is 0.653. The molecule has 128 valence electrons. The predicted octanol–water partition coefficient (Wildman–Crippen LogP) is 6.56. The third-order valence-corrected chi connectivity index (χ3v) is 7.15. The molecule has 0 aliphatic heterocycles. The Balaban J connectivity index is 1.58. The number of benzene rings is 2. The molecule has 5 rings (SSSR count). The van der Waals surface area contributed by atoms with Gasteiger partial charge in [0, 0.05) is 0 Å². The van der Waals surface area contributed by atoms with Gasteiger partial charge in [-0.05, 0) is 78.5 Å². The van der Waals surface area contributed by atoms with Gasteiger partial charge in [-0.3, -0.25) is 0 Å². The second-order valence-corrected chi connectivity index (χ2v) is 8.48. The van der Waals surface area contributed by atoms with Gasteiger partial charge in [-0.1, -0.05) is 73.0 Å². The van der Waals surface area contributed by atoms with Gasteiger partial charge < -0.3 is 0 Å². The van der Waals surface area contributed by atoms with E-state index < -0.39 is 0 Å². The van der Waals surface area contributed by atoms with Gasteiger partial charge in [0.05, 0.1) is 0 Å². The maximum Gasteiger partial charge on any atom is -0.00498 e. The molecular weight excluding hydrogens is 300 g/mol. The third kappa shape index (κ3) is 2.58. The Kier molecular flexibility index (Phi) is 3.81. The number of aryl methyl sites for hydroxylation is 1. The fourth-order valence-corrected chi connectivity index (χ4v) is 5.91. The van der Waals surface area contributed by atoms with E-state index in [0.717, 1.165) is 5.92 Å². The molecule has 0 amide bonds. The SMILES string of the molecule is Cc1ccccc1C1Cc2ccccc2C2CC(C3CCCC3)=CC12. The van der Waals surface area contributed by atoms with Crippen molar-refractivity contribution in [1.82, 2.24) is 0 Å². The molecule has 1 saturated carbocycles. The van der Waals surface area contributed by atoms with E-state index in [1.807, 2.05) is 0 Å². The van der Waals surface area contributed by atoms with E-state index in [1.165, 1.54) is 44.1 Å². The van der Waals surface area contributed by atoms with Crippen molar-refractivity contribution in [3.8, 4) is 0 Å². The van der Waals surface area contributed by atoms with Gasteiger partial charge in [-0.2, -0.15) is 0 Å². The highest BCUT2D eigenvalue weighted by Gasteiger charge is 2.41. The summed E-state index contributed by atoms with van der Waals surface area (Å²) < 4.78 is 0. The fourth-order valence-electron chi connectivity index (χ4n) is 5.91. The van der Waals surface area contributed by atoms with Crippen LogP contribution in [0.25, 0.3) is 0 Å². The maximum absolute atomic E-state index is 2.73. The molecule has 0 bridgehead atoms. The zero-order valence-corrected chi connectivity index (χ0v) is 15.2. The fraction of sp³-hybridized carbons (Fsp3) is 0.440. The van der Waals surface area contributed by atoms with E-state index in [2.05, 4.69) is 61.5 Å². The van der Waals surface area contributed by atoms with Crippen molar-refractivity contribution >= 4 is 0 Å². The van der Waals surface area contributed by atoms with Gasteiger partial charge in [0.1, 0.15) is 0 Å². The van der Waals surface area contributed by atoms with Crippen LogP contribution < -0.4 is 0 Å². The van der Waals surface area contributed by atoms with E-state index in [1.54, 1.807) is 22.3 Å². The lowest BCUT2D eigenvalue weighted by atomic mass is 9.67. The molecule has 0 radical (unpaired) electrons. The molecule has 0 N–H and O–H groups in total. The van der Waals surface area contributed by atoms with Crippen molar-refractivity contribution in [2.45, 2.75) is 57.3 Å². The first-order valence-electron chi connectivity index (χ1n) is 10.1. The van der Waals surface area contributed by atoms with Crippen LogP contribution in [-0.4, -0.2) is 0 Å². The number of fused-ring (bicyclic) bond motifs is 3. The summed E-state index contributed by atoms with van der Waals surface area (Å²) in [5.74, 6) is 2.95. The van der Waals surface area contributed by atoms with Crippen LogP contribution in [0, 0.1) is 18.8 Å². The van der Waals surface area contributed by atoms with Crippen LogP contribution in [-0.2, 0) is 6.42 Å². The Hall–Kier alpha value is -1.82. The summed E-state index contributed by atoms with van der Waals surface area (Å²) >= 11 is 0. The zero-order chi connectivity index (χ0) is 16.8. The quantitative estimate of drug-likeness (QED) is 0.548. The molecule has 0 aromatic heterocycles. The molecule has 0 heteroatoms. The Morgan fingerprint density at radius 2 is 1.44 bits per heavy atom. The average molecular weight is 328 g/mol. The largest absolute Gasteiger partial charge is 0.0807 e. The molecule has 3 aliphatic carbocycles. The minimum Gasteiger partial charge on any atom is -0.0807 e. The highest BCUT2D eigenvalue weighted by Crippen LogP contribution is 2.54. The summed E-state index contributed by atoms with van der Waals surface area (Å²) in [7, 11) is 0. The second kappa shape index (κ2) is 6.16. The molecule has 3 aliphatic rings. The van der Waals surface area contributed by atoms with E-state index in [0.29, 0.717) is 17.8 Å². The van der Waals surface area contributed by atoms with Gasteiger partial charge in [-0.15, -0.1) is 0 Å². The summed E-state index contributed by atoms with van der Waals surface area (Å²) in [6, 6.07) is 18.4. The van der Waals surface area contributed by atoms with Gasteiger partial charge in [0.25, 0.3) is 0 Å². The number of allylic oxidation sites excluding steroid dienone is 2. The number of hydrogen-bond donors (Lipinski definition) is 0. The van der Waals surface area contributed by atoms with Crippen molar-refractivity contribution in [2.24, 2.45) is 11.8 Å². The predicted molar refractivity (Wildman–Crippen MR) is 105 cm³/mol. The van der Waals surface area contributed by atoms with E-state index >= 15 is 0 Å². The van der Waals surface area contributed by atoms with Gasteiger partial charge in [0.15, 0.2) is 0 Å². The molecular formula is C25H28. The highest BCUT2D eigenvalue weighted by molar-refractivity contribution is 5.45. The first-order valence-corrected chi connectivity index (χ1v) is 10.1. The summed E-state index contributed by atoms with van der Waals surface area (Å²) in [4.78, 5) is 0. The van der Waals surface area contributed by atoms with Crippen LogP contribution >= 0.6 is 0 Å². The highest BCUT2D eigenvalue weighted by atomic mass is 14.5. The van der Waals surface area contributed by atoms with Gasteiger partial charge in [-0.25, -0.2) is 0 Å². The van der Waals surface area contributed by atoms with Crippen LogP contribution in [0.5, 0.6) is 0 Å². The Morgan fingerprint density at radius 1 is 0.760 bits per heavy atom. The average Bonchev–Trinajstić information content (AvgIpc) is 3.31. The molecule has 3 unspecified atom stereocenters. The molecule has 0 spiro atoms. The minimum atomic E-state index is 0.653. The Labute approximate surface area is 152 Å². The molecule has 2 aromatic rings. The lowest BCUT2D eigenvalue weighted by molar-refractivity contribution is 0.407. The normalized spacial score (nSPS) is 28.5. The second-order valence-electron chi connectivity index (χ2n) is 8.48. The molecule has 3 atom stereocenters. The maximum atomic E-state index is 2.73. The molecule has 0 saturated heterocycles. The monoisotopic (exact) mass is 328 g/mol. The topological polar surface area (TPSA) is 0 Å². The van der Waals surface area contributed by atoms with Crippen LogP contribution in [0.1, 0.15) is 66.2 Å². The van der Waals surface area contributed by atoms with Crippen molar-refractivity contribution in [1.29, 1.82) is 0 Å². The molecule has 2 aromatic carbocycles. The lowest BCUT2D eigenvalue weighted by Crippen LogP contribution is -2.25. The smallest absolute Gasteiger partial charge is 0.00498 e. The van der Waals surface area contributed by atoms with Gasteiger partial charge in [0.2, 0.25) is 0 Å². The van der Waals surface area contributed by atoms with Gasteiger partial charge >= 0.3 is 0 Å². The van der Waals surface area contributed by atoms with Crippen molar-refractivity contribution in [3.05, 3.63) is 82.4 Å². The van der Waals surface area contributed by atoms with Crippen LogP contribution in [0.15, 0.2) is 60.2 Å². The first kappa shape index (κ1) is 15.4. The van der Waals surface area contributed by atoms with Crippen LogP contribution in [0.4, 0.5) is 0 Å². The summed E-state index contributed by atoms with van der Waals surface area (Å²) in [5.41, 5.74) is 8.08. The van der Waals surface area contributed by atoms with E-state index in [4.69, 9.17) is 0 Å². The third-order valence-electron chi connectivity index (χ3n) is 7.15. The number of hydrogen-bond acceptors (Lipinski definition) is 0. The van der Waals surface area contributed by atoms with Crippen molar-refractivity contribution in [2.75, 3.05) is 0 Å². The van der Waals surface area contributed by atoms with Crippen LogP contribution in [0.2, 0.25) is 0 Å². The molecule has 0 heterocycles. The van der Waals surface area contributed by atoms with Crippen molar-refractivity contribution < 1.29 is 0 Å². The Morgan fingerprint density at radius 3 is 2.24 bits per heavy atom. The molecule has 0 nitrogen and oxygen atoms in total. The summed E-state index contributed by atoms with van der Waals surface area (Å²) in [5, 5.41) is 0. The molecule has 1 fully saturated rings. The lowest BCUT2D eigenvalue weighted by Gasteiger charge is -2.36. The Bertz CT molecular complexity index is 806. The van der Waals surface area contributed by atoms with Crippen LogP contribution in [0.3, 0.4) is 0 Å². The standard InChI is InChI=1S/C25H28/c1-17-8-2-6-12-21(17)23-14-19-11-5-7-13-22(19)24-15-20(16-25(23)24)18-9-3-4-10-18/h2,5-8,11-13,16,18,23-25H,3-4,9-10,14-15H2,1H3. The van der Waals surface area contributed by atoms with E-state index in [9.17, 15) is 0 Å². The number of rotatable bonds is 2. The summed E-state index contributed by atoms with van der Waals surface area (Å²) in [6.07, 6.45) is 11.0. The zero-order valence-electron chi connectivity index (χ0n) is 15.2. The summed E-state index contributed by atoms with van der Waals surface area (Å²) in [6.45, 7) is 2.29. The first-order chi connectivity index (χ1) is 12.3. The van der Waals surface area contributed by atoms with Crippen molar-refractivity contribution in [3.63, 3.8) is 0 Å². The molecule has 25 heavy (non-hydrogen) atoms.